The first-order valence-electron chi connectivity index (χ1n) is 10.4. The summed E-state index contributed by atoms with van der Waals surface area (Å²) in [7, 11) is -1.93. The number of anilines is 3. The van der Waals surface area contributed by atoms with Crippen molar-refractivity contribution in [3.05, 3.63) is 83.4 Å². The molecular formula is C24H24ClN3O4S. The van der Waals surface area contributed by atoms with Gasteiger partial charge in [0, 0.05) is 31.5 Å². The van der Waals surface area contributed by atoms with Crippen LogP contribution in [-0.2, 0) is 14.8 Å². The fourth-order valence-corrected chi connectivity index (χ4v) is 5.56. The van der Waals surface area contributed by atoms with Gasteiger partial charge in [-0.2, -0.15) is 4.31 Å². The summed E-state index contributed by atoms with van der Waals surface area (Å²) in [6.45, 7) is 1.18. The highest BCUT2D eigenvalue weighted by atomic mass is 35.5. The first kappa shape index (κ1) is 23.3. The van der Waals surface area contributed by atoms with Gasteiger partial charge in [0.05, 0.1) is 29.5 Å². The van der Waals surface area contributed by atoms with E-state index >= 15 is 0 Å². The van der Waals surface area contributed by atoms with Crippen molar-refractivity contribution in [2.24, 2.45) is 0 Å². The van der Waals surface area contributed by atoms with E-state index in [2.05, 4.69) is 5.32 Å². The highest BCUT2D eigenvalue weighted by molar-refractivity contribution is 7.89. The van der Waals surface area contributed by atoms with Crippen LogP contribution in [0.2, 0.25) is 5.02 Å². The number of nitrogens with zero attached hydrogens (tertiary/aromatic N) is 2. The van der Waals surface area contributed by atoms with Crippen molar-refractivity contribution < 1.29 is 17.9 Å². The second kappa shape index (κ2) is 9.93. The summed E-state index contributed by atoms with van der Waals surface area (Å²) in [5.41, 5.74) is 2.45. The molecule has 1 aliphatic heterocycles. The molecule has 3 aromatic rings. The zero-order valence-corrected chi connectivity index (χ0v) is 19.6. The van der Waals surface area contributed by atoms with Gasteiger partial charge in [-0.25, -0.2) is 8.42 Å². The van der Waals surface area contributed by atoms with Gasteiger partial charge < -0.3 is 15.0 Å². The highest BCUT2D eigenvalue weighted by Gasteiger charge is 2.29. The standard InChI is InChI=1S/C24H24ClN3O4S/c1-27(19-7-3-2-4-8-19)22-10-6-5-9-20(22)24(29)26-18-11-12-21(25)23(17-18)33(30,31)28-13-15-32-16-14-28/h2-12,17H,13-16H2,1H3,(H,26,29). The molecule has 9 heteroatoms. The number of nitrogens with one attached hydrogen (secondary N) is 1. The first-order chi connectivity index (χ1) is 15.9. The lowest BCUT2D eigenvalue weighted by Crippen LogP contribution is -2.40. The average Bonchev–Trinajstić information content (AvgIpc) is 2.85. The third-order valence-electron chi connectivity index (χ3n) is 5.43. The monoisotopic (exact) mass is 485 g/mol. The largest absolute Gasteiger partial charge is 0.379 e. The van der Waals surface area contributed by atoms with E-state index in [-0.39, 0.29) is 28.9 Å². The molecule has 1 fully saturated rings. The van der Waals surface area contributed by atoms with Crippen LogP contribution >= 0.6 is 11.6 Å². The average molecular weight is 486 g/mol. The Kier molecular flexibility index (Phi) is 6.99. The molecule has 4 rings (SSSR count). The van der Waals surface area contributed by atoms with Crippen LogP contribution in [0.25, 0.3) is 0 Å². The molecule has 1 N–H and O–H groups in total. The van der Waals surface area contributed by atoms with E-state index in [9.17, 15) is 13.2 Å². The second-order valence-electron chi connectivity index (χ2n) is 7.53. The van der Waals surface area contributed by atoms with Crippen LogP contribution in [0, 0.1) is 0 Å². The maximum atomic E-state index is 13.2. The summed E-state index contributed by atoms with van der Waals surface area (Å²) in [5, 5.41) is 2.92. The number of hydrogen-bond donors (Lipinski definition) is 1. The van der Waals surface area contributed by atoms with Crippen molar-refractivity contribution in [1.29, 1.82) is 0 Å². The minimum Gasteiger partial charge on any atom is -0.379 e. The van der Waals surface area contributed by atoms with Crippen molar-refractivity contribution in [3.63, 3.8) is 0 Å². The Labute approximate surface area is 198 Å². The summed E-state index contributed by atoms with van der Waals surface area (Å²) in [6, 6.07) is 21.4. The molecule has 1 aliphatic rings. The number of benzene rings is 3. The smallest absolute Gasteiger partial charge is 0.257 e. The molecule has 0 bridgehead atoms. The lowest BCUT2D eigenvalue weighted by molar-refractivity contribution is 0.0730. The Balaban J connectivity index is 1.61. The van der Waals surface area contributed by atoms with Gasteiger partial charge in [0.15, 0.2) is 0 Å². The van der Waals surface area contributed by atoms with Crippen LogP contribution < -0.4 is 10.2 Å². The topological polar surface area (TPSA) is 79.0 Å². The van der Waals surface area contributed by atoms with E-state index in [0.29, 0.717) is 24.5 Å². The number of ether oxygens (including phenoxy) is 1. The zero-order valence-electron chi connectivity index (χ0n) is 18.1. The number of sulfonamides is 1. The van der Waals surface area contributed by atoms with Gasteiger partial charge in [-0.1, -0.05) is 41.9 Å². The lowest BCUT2D eigenvalue weighted by Gasteiger charge is -2.26. The molecule has 0 unspecified atom stereocenters. The Morgan fingerprint density at radius 1 is 1.00 bits per heavy atom. The number of rotatable bonds is 6. The Hall–Kier alpha value is -2.91. The summed E-state index contributed by atoms with van der Waals surface area (Å²) in [6.07, 6.45) is 0. The Morgan fingerprint density at radius 3 is 2.39 bits per heavy atom. The van der Waals surface area contributed by atoms with Gasteiger partial charge >= 0.3 is 0 Å². The minimum atomic E-state index is -3.81. The molecule has 0 atom stereocenters. The van der Waals surface area contributed by atoms with Crippen LogP contribution in [0.5, 0.6) is 0 Å². The third-order valence-corrected chi connectivity index (χ3v) is 7.81. The predicted molar refractivity (Wildman–Crippen MR) is 130 cm³/mol. The van der Waals surface area contributed by atoms with Crippen LogP contribution in [0.3, 0.4) is 0 Å². The third kappa shape index (κ3) is 5.04. The number of amides is 1. The molecule has 7 nitrogen and oxygen atoms in total. The van der Waals surface area contributed by atoms with Crippen molar-refractivity contribution in [2.75, 3.05) is 43.6 Å². The second-order valence-corrected chi connectivity index (χ2v) is 9.84. The number of para-hydroxylation sites is 2. The van der Waals surface area contributed by atoms with Crippen molar-refractivity contribution >= 4 is 44.6 Å². The molecular weight excluding hydrogens is 462 g/mol. The first-order valence-corrected chi connectivity index (χ1v) is 12.3. The lowest BCUT2D eigenvalue weighted by atomic mass is 10.1. The molecule has 0 aliphatic carbocycles. The van der Waals surface area contributed by atoms with Gasteiger partial charge in [0.25, 0.3) is 5.91 Å². The molecule has 172 valence electrons. The Bertz CT molecular complexity index is 1250. The molecule has 0 radical (unpaired) electrons. The summed E-state index contributed by atoms with van der Waals surface area (Å²) >= 11 is 6.23. The van der Waals surface area contributed by atoms with Gasteiger partial charge in [-0.15, -0.1) is 0 Å². The highest BCUT2D eigenvalue weighted by Crippen LogP contribution is 2.30. The molecule has 0 spiro atoms. The molecule has 1 amide bonds. The molecule has 33 heavy (non-hydrogen) atoms. The maximum absolute atomic E-state index is 13.2. The van der Waals surface area contributed by atoms with Crippen molar-refractivity contribution in [1.82, 2.24) is 4.31 Å². The fraction of sp³-hybridized carbons (Fsp3) is 0.208. The summed E-state index contributed by atoms with van der Waals surface area (Å²) in [4.78, 5) is 15.0. The fourth-order valence-electron chi connectivity index (χ4n) is 3.65. The SMILES string of the molecule is CN(c1ccccc1)c1ccccc1C(=O)Nc1ccc(Cl)c(S(=O)(=O)N2CCOCC2)c1. The number of morpholine rings is 1. The van der Waals surface area contributed by atoms with Crippen molar-refractivity contribution in [2.45, 2.75) is 4.90 Å². The van der Waals surface area contributed by atoms with Gasteiger partial charge in [0.2, 0.25) is 10.0 Å². The van der Waals surface area contributed by atoms with E-state index < -0.39 is 10.0 Å². The van der Waals surface area contributed by atoms with Crippen molar-refractivity contribution in [3.8, 4) is 0 Å². The number of hydrogen-bond acceptors (Lipinski definition) is 5. The normalized spacial score (nSPS) is 14.6. The van der Waals surface area contributed by atoms with Crippen LogP contribution in [-0.4, -0.2) is 52.0 Å². The molecule has 1 heterocycles. The van der Waals surface area contributed by atoms with Gasteiger partial charge in [-0.05, 0) is 42.5 Å². The van der Waals surface area contributed by atoms with E-state index in [1.54, 1.807) is 18.2 Å². The Morgan fingerprint density at radius 2 is 1.67 bits per heavy atom. The molecule has 3 aromatic carbocycles. The van der Waals surface area contributed by atoms with Gasteiger partial charge in [-0.3, -0.25) is 4.79 Å². The van der Waals surface area contributed by atoms with Crippen LogP contribution in [0.15, 0.2) is 77.7 Å². The predicted octanol–water partition coefficient (Wildman–Crippen LogP) is 4.38. The quantitative estimate of drug-likeness (QED) is 0.560. The summed E-state index contributed by atoms with van der Waals surface area (Å²) in [5.74, 6) is -0.356. The van der Waals surface area contributed by atoms with E-state index in [1.165, 1.54) is 16.4 Å². The van der Waals surface area contributed by atoms with Crippen LogP contribution in [0.4, 0.5) is 17.1 Å². The van der Waals surface area contributed by atoms with E-state index in [1.807, 2.05) is 54.4 Å². The summed E-state index contributed by atoms with van der Waals surface area (Å²) < 4.78 is 32.8. The number of carbonyl (C=O) groups excluding carboxylic acids is 1. The number of carbonyl (C=O) groups is 1. The van der Waals surface area contributed by atoms with E-state index in [0.717, 1.165) is 11.4 Å². The van der Waals surface area contributed by atoms with Gasteiger partial charge in [0.1, 0.15) is 4.90 Å². The number of halogens is 1. The zero-order chi connectivity index (χ0) is 23.4. The molecule has 1 saturated heterocycles. The maximum Gasteiger partial charge on any atom is 0.257 e. The molecule has 0 aromatic heterocycles. The molecule has 0 saturated carbocycles. The van der Waals surface area contributed by atoms with Crippen LogP contribution in [0.1, 0.15) is 10.4 Å². The van der Waals surface area contributed by atoms with E-state index in [4.69, 9.17) is 16.3 Å². The minimum absolute atomic E-state index is 0.0430.